The number of amides is 1. The summed E-state index contributed by atoms with van der Waals surface area (Å²) in [4.78, 5) is 12.4. The summed E-state index contributed by atoms with van der Waals surface area (Å²) in [7, 11) is 0. The summed E-state index contributed by atoms with van der Waals surface area (Å²) in [6.07, 6.45) is 3.44. The second kappa shape index (κ2) is 6.89. The van der Waals surface area contributed by atoms with Crippen molar-refractivity contribution in [1.29, 1.82) is 0 Å². The van der Waals surface area contributed by atoms with Crippen LogP contribution >= 0.6 is 11.6 Å². The number of hydrogen-bond acceptors (Lipinski definition) is 2. The van der Waals surface area contributed by atoms with E-state index in [1.54, 1.807) is 17.1 Å². The van der Waals surface area contributed by atoms with Crippen LogP contribution in [0.4, 0.5) is 5.69 Å². The van der Waals surface area contributed by atoms with Gasteiger partial charge in [-0.3, -0.25) is 9.48 Å². The number of rotatable bonds is 4. The van der Waals surface area contributed by atoms with Crippen molar-refractivity contribution in [1.82, 2.24) is 9.78 Å². The third-order valence-electron chi connectivity index (χ3n) is 3.82. The Bertz CT molecular complexity index is 886. The van der Waals surface area contributed by atoms with E-state index >= 15 is 0 Å². The molecule has 1 N–H and O–H groups in total. The summed E-state index contributed by atoms with van der Waals surface area (Å²) in [5, 5.41) is 7.88. The smallest absolute Gasteiger partial charge is 0.256 e. The molecule has 2 aromatic carbocycles. The monoisotopic (exact) mass is 339 g/mol. The van der Waals surface area contributed by atoms with Crippen molar-refractivity contribution >= 4 is 23.2 Å². The molecule has 0 saturated heterocycles. The van der Waals surface area contributed by atoms with Crippen LogP contribution in [0.3, 0.4) is 0 Å². The summed E-state index contributed by atoms with van der Waals surface area (Å²) in [6.45, 7) is 4.45. The molecule has 0 saturated carbocycles. The second-order valence-corrected chi connectivity index (χ2v) is 6.20. The van der Waals surface area contributed by atoms with Crippen LogP contribution in [0.25, 0.3) is 0 Å². The SMILES string of the molecule is Cc1ccc(C)c(C(=O)Nc2cnn(Cc3ccccc3Cl)c2)c1. The molecule has 5 heteroatoms. The van der Waals surface area contributed by atoms with Crippen LogP contribution in [0, 0.1) is 13.8 Å². The first-order valence-corrected chi connectivity index (χ1v) is 8.05. The molecule has 0 aliphatic heterocycles. The molecular weight excluding hydrogens is 322 g/mol. The lowest BCUT2D eigenvalue weighted by molar-refractivity contribution is 0.102. The molecule has 0 atom stereocenters. The van der Waals surface area contributed by atoms with Crippen molar-refractivity contribution in [3.05, 3.63) is 82.1 Å². The van der Waals surface area contributed by atoms with E-state index in [0.29, 0.717) is 22.8 Å². The predicted molar refractivity (Wildman–Crippen MR) is 96.7 cm³/mol. The highest BCUT2D eigenvalue weighted by atomic mass is 35.5. The Hall–Kier alpha value is -2.59. The van der Waals surface area contributed by atoms with E-state index in [9.17, 15) is 4.79 Å². The van der Waals surface area contributed by atoms with Gasteiger partial charge in [0.05, 0.1) is 18.4 Å². The molecule has 0 radical (unpaired) electrons. The minimum Gasteiger partial charge on any atom is -0.319 e. The van der Waals surface area contributed by atoms with Gasteiger partial charge in [0.1, 0.15) is 0 Å². The number of anilines is 1. The standard InChI is InChI=1S/C19H18ClN3O/c1-13-7-8-14(2)17(9-13)19(24)22-16-10-21-23(12-16)11-15-5-3-4-6-18(15)20/h3-10,12H,11H2,1-2H3,(H,22,24). The van der Waals surface area contributed by atoms with Gasteiger partial charge in [-0.2, -0.15) is 5.10 Å². The molecule has 122 valence electrons. The highest BCUT2D eigenvalue weighted by molar-refractivity contribution is 6.31. The Kier molecular flexibility index (Phi) is 4.67. The van der Waals surface area contributed by atoms with Crippen LogP contribution in [0.5, 0.6) is 0 Å². The topological polar surface area (TPSA) is 46.9 Å². The zero-order chi connectivity index (χ0) is 17.1. The van der Waals surface area contributed by atoms with Gasteiger partial charge in [0.15, 0.2) is 0 Å². The number of carbonyl (C=O) groups is 1. The van der Waals surface area contributed by atoms with Crippen LogP contribution in [0.1, 0.15) is 27.0 Å². The lowest BCUT2D eigenvalue weighted by atomic mass is 10.1. The lowest BCUT2D eigenvalue weighted by Gasteiger charge is -2.07. The molecule has 1 aromatic heterocycles. The van der Waals surface area contributed by atoms with Gasteiger partial charge < -0.3 is 5.32 Å². The van der Waals surface area contributed by atoms with E-state index in [-0.39, 0.29) is 5.91 Å². The maximum atomic E-state index is 12.4. The first-order chi connectivity index (χ1) is 11.5. The third kappa shape index (κ3) is 3.66. The Morgan fingerprint density at radius 1 is 1.21 bits per heavy atom. The minimum atomic E-state index is -0.131. The molecule has 4 nitrogen and oxygen atoms in total. The third-order valence-corrected chi connectivity index (χ3v) is 4.19. The van der Waals surface area contributed by atoms with E-state index in [4.69, 9.17) is 11.6 Å². The zero-order valence-corrected chi connectivity index (χ0v) is 14.3. The number of nitrogens with one attached hydrogen (secondary N) is 1. The van der Waals surface area contributed by atoms with E-state index in [1.807, 2.05) is 56.3 Å². The molecule has 0 unspecified atom stereocenters. The van der Waals surface area contributed by atoms with Crippen LogP contribution < -0.4 is 5.32 Å². The summed E-state index contributed by atoms with van der Waals surface area (Å²) >= 11 is 6.17. The molecule has 0 bridgehead atoms. The van der Waals surface area contributed by atoms with Gasteiger partial charge in [0.25, 0.3) is 5.91 Å². The van der Waals surface area contributed by atoms with Crippen molar-refractivity contribution in [2.75, 3.05) is 5.32 Å². The molecule has 3 rings (SSSR count). The molecule has 1 heterocycles. The van der Waals surface area contributed by atoms with Gasteiger partial charge in [-0.1, -0.05) is 47.5 Å². The van der Waals surface area contributed by atoms with Gasteiger partial charge in [0.2, 0.25) is 0 Å². The van der Waals surface area contributed by atoms with Gasteiger partial charge in [0, 0.05) is 16.8 Å². The van der Waals surface area contributed by atoms with Crippen LogP contribution in [-0.4, -0.2) is 15.7 Å². The number of nitrogens with zero attached hydrogens (tertiary/aromatic N) is 2. The molecule has 3 aromatic rings. The number of aromatic nitrogens is 2. The zero-order valence-electron chi connectivity index (χ0n) is 13.6. The number of aryl methyl sites for hydroxylation is 2. The summed E-state index contributed by atoms with van der Waals surface area (Å²) in [5.41, 5.74) is 4.32. The maximum absolute atomic E-state index is 12.4. The van der Waals surface area contributed by atoms with Gasteiger partial charge >= 0.3 is 0 Å². The summed E-state index contributed by atoms with van der Waals surface area (Å²) in [6, 6.07) is 13.5. The molecule has 0 spiro atoms. The fraction of sp³-hybridized carbons (Fsp3) is 0.158. The first kappa shape index (κ1) is 16.3. The van der Waals surface area contributed by atoms with Crippen molar-refractivity contribution in [2.24, 2.45) is 0 Å². The Morgan fingerprint density at radius 2 is 2.00 bits per heavy atom. The number of carbonyl (C=O) groups excluding carboxylic acids is 1. The molecule has 0 aliphatic carbocycles. The maximum Gasteiger partial charge on any atom is 0.256 e. The average molecular weight is 340 g/mol. The van der Waals surface area contributed by atoms with Crippen molar-refractivity contribution in [3.8, 4) is 0 Å². The molecule has 0 fully saturated rings. The largest absolute Gasteiger partial charge is 0.319 e. The molecule has 1 amide bonds. The summed E-state index contributed by atoms with van der Waals surface area (Å²) in [5.74, 6) is -0.131. The fourth-order valence-corrected chi connectivity index (χ4v) is 2.69. The number of benzene rings is 2. The van der Waals surface area contributed by atoms with Crippen molar-refractivity contribution < 1.29 is 4.79 Å². The highest BCUT2D eigenvalue weighted by Gasteiger charge is 2.11. The molecular formula is C19H18ClN3O. The quantitative estimate of drug-likeness (QED) is 0.763. The Labute approximate surface area is 146 Å². The van der Waals surface area contributed by atoms with Gasteiger partial charge in [-0.05, 0) is 37.1 Å². The molecule has 24 heavy (non-hydrogen) atoms. The number of hydrogen-bond donors (Lipinski definition) is 1. The van der Waals surface area contributed by atoms with Crippen molar-refractivity contribution in [2.45, 2.75) is 20.4 Å². The van der Waals surface area contributed by atoms with Crippen LogP contribution in [0.15, 0.2) is 54.9 Å². The second-order valence-electron chi connectivity index (χ2n) is 5.79. The Morgan fingerprint density at radius 3 is 2.79 bits per heavy atom. The number of halogens is 1. The Balaban J connectivity index is 1.73. The van der Waals surface area contributed by atoms with E-state index in [0.717, 1.165) is 16.7 Å². The predicted octanol–water partition coefficient (Wildman–Crippen LogP) is 4.45. The van der Waals surface area contributed by atoms with E-state index < -0.39 is 0 Å². The average Bonchev–Trinajstić information content (AvgIpc) is 2.99. The van der Waals surface area contributed by atoms with Gasteiger partial charge in [-0.15, -0.1) is 0 Å². The van der Waals surface area contributed by atoms with Crippen LogP contribution in [-0.2, 0) is 6.54 Å². The summed E-state index contributed by atoms with van der Waals surface area (Å²) < 4.78 is 1.75. The normalized spacial score (nSPS) is 10.6. The molecule has 0 aliphatic rings. The van der Waals surface area contributed by atoms with Crippen LogP contribution in [0.2, 0.25) is 5.02 Å². The lowest BCUT2D eigenvalue weighted by Crippen LogP contribution is -2.13. The fourth-order valence-electron chi connectivity index (χ4n) is 2.49. The minimum absolute atomic E-state index is 0.131. The van der Waals surface area contributed by atoms with E-state index in [1.165, 1.54) is 0 Å². The van der Waals surface area contributed by atoms with Gasteiger partial charge in [-0.25, -0.2) is 0 Å². The van der Waals surface area contributed by atoms with E-state index in [2.05, 4.69) is 10.4 Å². The highest BCUT2D eigenvalue weighted by Crippen LogP contribution is 2.18. The first-order valence-electron chi connectivity index (χ1n) is 7.67. The van der Waals surface area contributed by atoms with Crippen molar-refractivity contribution in [3.63, 3.8) is 0 Å².